The Balaban J connectivity index is 1.76. The van der Waals surface area contributed by atoms with Gasteiger partial charge in [0.25, 0.3) is 5.91 Å². The first-order valence-electron chi connectivity index (χ1n) is 8.48. The van der Waals surface area contributed by atoms with E-state index in [1.165, 1.54) is 25.3 Å². The third kappa shape index (κ3) is 4.05. The lowest BCUT2D eigenvalue weighted by atomic mass is 10.1. The maximum atomic E-state index is 13.9. The molecule has 1 aliphatic heterocycles. The summed E-state index contributed by atoms with van der Waals surface area (Å²) in [5.74, 6) is -0.334. The lowest BCUT2D eigenvalue weighted by Crippen LogP contribution is -2.49. The van der Waals surface area contributed by atoms with Gasteiger partial charge in [0.15, 0.2) is 9.84 Å². The van der Waals surface area contributed by atoms with Gasteiger partial charge in [0, 0.05) is 38.0 Å². The molecule has 8 heteroatoms. The van der Waals surface area contributed by atoms with Crippen molar-refractivity contribution in [3.8, 4) is 5.75 Å². The van der Waals surface area contributed by atoms with Gasteiger partial charge in [-0.1, -0.05) is 12.1 Å². The normalized spacial score (nSPS) is 14.9. The number of rotatable bonds is 4. The first kappa shape index (κ1) is 19.2. The van der Waals surface area contributed by atoms with Crippen LogP contribution in [0.4, 0.5) is 10.1 Å². The van der Waals surface area contributed by atoms with Crippen molar-refractivity contribution in [2.45, 2.75) is 4.90 Å². The number of sulfone groups is 1. The summed E-state index contributed by atoms with van der Waals surface area (Å²) in [5.41, 5.74) is 0.809. The van der Waals surface area contributed by atoms with E-state index in [-0.39, 0.29) is 27.9 Å². The number of nitrogens with zero attached hydrogens (tertiary/aromatic N) is 2. The van der Waals surface area contributed by atoms with Crippen molar-refractivity contribution in [2.75, 3.05) is 44.4 Å². The number of ether oxygens (including phenoxy) is 1. The average Bonchev–Trinajstić information content (AvgIpc) is 2.67. The summed E-state index contributed by atoms with van der Waals surface area (Å²) in [7, 11) is -2.15. The predicted octanol–water partition coefficient (Wildman–Crippen LogP) is 2.20. The van der Waals surface area contributed by atoms with Crippen molar-refractivity contribution in [1.82, 2.24) is 4.90 Å². The Labute approximate surface area is 158 Å². The van der Waals surface area contributed by atoms with Gasteiger partial charge in [0.1, 0.15) is 16.5 Å². The molecule has 1 heterocycles. The maximum absolute atomic E-state index is 13.9. The van der Waals surface area contributed by atoms with E-state index < -0.39 is 9.84 Å². The summed E-state index contributed by atoms with van der Waals surface area (Å²) in [6.07, 6.45) is 1.08. The molecule has 0 aromatic heterocycles. The number of anilines is 1. The molecular formula is C19H21FN2O4S. The van der Waals surface area contributed by atoms with Gasteiger partial charge in [-0.2, -0.15) is 0 Å². The smallest absolute Gasteiger partial charge is 0.254 e. The van der Waals surface area contributed by atoms with Gasteiger partial charge in [-0.25, -0.2) is 12.8 Å². The number of methoxy groups -OCH3 is 1. The zero-order valence-electron chi connectivity index (χ0n) is 15.2. The lowest BCUT2D eigenvalue weighted by molar-refractivity contribution is 0.0746. The Morgan fingerprint density at radius 2 is 1.74 bits per heavy atom. The number of amides is 1. The van der Waals surface area contributed by atoms with E-state index in [1.54, 1.807) is 29.2 Å². The zero-order valence-corrected chi connectivity index (χ0v) is 16.0. The third-order valence-electron chi connectivity index (χ3n) is 4.57. The number of benzene rings is 2. The molecule has 0 spiro atoms. The summed E-state index contributed by atoms with van der Waals surface area (Å²) in [6.45, 7) is 1.85. The van der Waals surface area contributed by atoms with Crippen molar-refractivity contribution in [3.05, 3.63) is 53.8 Å². The van der Waals surface area contributed by atoms with Crippen LogP contribution in [0.1, 0.15) is 10.4 Å². The fourth-order valence-electron chi connectivity index (χ4n) is 3.14. The fourth-order valence-corrected chi connectivity index (χ4v) is 4.00. The van der Waals surface area contributed by atoms with Crippen LogP contribution in [-0.2, 0) is 9.84 Å². The molecule has 2 aromatic rings. The number of carbonyl (C=O) groups excluding carboxylic acids is 1. The van der Waals surface area contributed by atoms with E-state index in [0.717, 1.165) is 6.26 Å². The summed E-state index contributed by atoms with van der Waals surface area (Å²) in [6, 6.07) is 10.9. The van der Waals surface area contributed by atoms with Crippen molar-refractivity contribution >= 4 is 21.4 Å². The van der Waals surface area contributed by atoms with Gasteiger partial charge >= 0.3 is 0 Å². The Bertz CT molecular complexity index is 954. The Morgan fingerprint density at radius 3 is 2.33 bits per heavy atom. The van der Waals surface area contributed by atoms with Gasteiger partial charge in [0.05, 0.1) is 12.8 Å². The van der Waals surface area contributed by atoms with Crippen LogP contribution in [-0.4, -0.2) is 58.8 Å². The minimum absolute atomic E-state index is 0.0131. The summed E-state index contributed by atoms with van der Waals surface area (Å²) < 4.78 is 42.9. The van der Waals surface area contributed by atoms with E-state index in [0.29, 0.717) is 31.9 Å². The van der Waals surface area contributed by atoms with Crippen molar-refractivity contribution in [2.24, 2.45) is 0 Å². The molecule has 0 bridgehead atoms. The van der Waals surface area contributed by atoms with Gasteiger partial charge in [0.2, 0.25) is 0 Å². The Hall–Kier alpha value is -2.61. The molecule has 27 heavy (non-hydrogen) atoms. The molecule has 1 aliphatic rings. The first-order valence-corrected chi connectivity index (χ1v) is 10.4. The number of hydrogen-bond donors (Lipinski definition) is 0. The first-order chi connectivity index (χ1) is 12.8. The summed E-state index contributed by atoms with van der Waals surface area (Å²) >= 11 is 0. The largest absolute Gasteiger partial charge is 0.495 e. The van der Waals surface area contributed by atoms with Crippen LogP contribution in [0.5, 0.6) is 5.75 Å². The molecule has 6 nitrogen and oxygen atoms in total. The standard InChI is InChI=1S/C19H21FN2O4S/c1-26-17-8-7-14(13-18(17)27(2,24)25)19(23)22-11-9-21(10-12-22)16-6-4-3-5-15(16)20/h3-8,13H,9-12H2,1-2H3. The van der Waals surface area contributed by atoms with E-state index in [9.17, 15) is 17.6 Å². The quantitative estimate of drug-likeness (QED) is 0.798. The minimum Gasteiger partial charge on any atom is -0.495 e. The Morgan fingerprint density at radius 1 is 1.07 bits per heavy atom. The van der Waals surface area contributed by atoms with Crippen LogP contribution in [0, 0.1) is 5.82 Å². The minimum atomic E-state index is -3.53. The summed E-state index contributed by atoms with van der Waals surface area (Å²) in [4.78, 5) is 16.3. The molecule has 0 unspecified atom stereocenters. The van der Waals surface area contributed by atoms with Gasteiger partial charge in [-0.15, -0.1) is 0 Å². The van der Waals surface area contributed by atoms with Crippen molar-refractivity contribution in [3.63, 3.8) is 0 Å². The number of hydrogen-bond acceptors (Lipinski definition) is 5. The van der Waals surface area contributed by atoms with Crippen molar-refractivity contribution in [1.29, 1.82) is 0 Å². The van der Waals surface area contributed by atoms with Crippen LogP contribution in [0.3, 0.4) is 0 Å². The highest BCUT2D eigenvalue weighted by Gasteiger charge is 2.25. The van der Waals surface area contributed by atoms with E-state index in [1.807, 2.05) is 4.90 Å². The molecule has 1 fully saturated rings. The van der Waals surface area contributed by atoms with E-state index in [2.05, 4.69) is 0 Å². The van der Waals surface area contributed by atoms with Crippen molar-refractivity contribution < 1.29 is 22.3 Å². The zero-order chi connectivity index (χ0) is 19.6. The molecule has 0 saturated carbocycles. The topological polar surface area (TPSA) is 66.9 Å². The lowest BCUT2D eigenvalue weighted by Gasteiger charge is -2.36. The van der Waals surface area contributed by atoms with Crippen LogP contribution < -0.4 is 9.64 Å². The molecule has 0 aliphatic carbocycles. The predicted molar refractivity (Wildman–Crippen MR) is 101 cm³/mol. The van der Waals surface area contributed by atoms with Crippen LogP contribution in [0.2, 0.25) is 0 Å². The second-order valence-corrected chi connectivity index (χ2v) is 8.35. The number of piperazine rings is 1. The monoisotopic (exact) mass is 392 g/mol. The van der Waals surface area contributed by atoms with Crippen LogP contribution >= 0.6 is 0 Å². The fraction of sp³-hybridized carbons (Fsp3) is 0.316. The second-order valence-electron chi connectivity index (χ2n) is 6.37. The molecule has 1 saturated heterocycles. The van der Waals surface area contributed by atoms with Crippen LogP contribution in [0.15, 0.2) is 47.4 Å². The van der Waals surface area contributed by atoms with E-state index >= 15 is 0 Å². The third-order valence-corrected chi connectivity index (χ3v) is 5.69. The molecule has 1 amide bonds. The van der Waals surface area contributed by atoms with Crippen LogP contribution in [0.25, 0.3) is 0 Å². The van der Waals surface area contributed by atoms with Gasteiger partial charge < -0.3 is 14.5 Å². The molecule has 3 rings (SSSR count). The number of halogens is 1. The number of para-hydroxylation sites is 1. The molecule has 0 radical (unpaired) electrons. The molecule has 0 atom stereocenters. The highest BCUT2D eigenvalue weighted by molar-refractivity contribution is 7.90. The maximum Gasteiger partial charge on any atom is 0.254 e. The summed E-state index contributed by atoms with van der Waals surface area (Å²) in [5, 5.41) is 0. The van der Waals surface area contributed by atoms with Gasteiger partial charge in [-0.05, 0) is 30.3 Å². The highest BCUT2D eigenvalue weighted by atomic mass is 32.2. The SMILES string of the molecule is COc1ccc(C(=O)N2CCN(c3ccccc3F)CC2)cc1S(C)(=O)=O. The second kappa shape index (κ2) is 7.56. The Kier molecular flexibility index (Phi) is 5.36. The van der Waals surface area contributed by atoms with E-state index in [4.69, 9.17) is 4.74 Å². The average molecular weight is 392 g/mol. The molecule has 2 aromatic carbocycles. The molecule has 144 valence electrons. The van der Waals surface area contributed by atoms with Gasteiger partial charge in [-0.3, -0.25) is 4.79 Å². The molecular weight excluding hydrogens is 371 g/mol. The molecule has 0 N–H and O–H groups in total. The highest BCUT2D eigenvalue weighted by Crippen LogP contribution is 2.26. The number of carbonyl (C=O) groups is 1.